The lowest BCUT2D eigenvalue weighted by Crippen LogP contribution is -1.83. The van der Waals surface area contributed by atoms with Gasteiger partial charge in [-0.1, -0.05) is 33.8 Å². The second kappa shape index (κ2) is 4.13. The normalized spacial score (nSPS) is 8.83. The summed E-state index contributed by atoms with van der Waals surface area (Å²) in [7, 11) is 0. The third-order valence-corrected chi connectivity index (χ3v) is 1.55. The van der Waals surface area contributed by atoms with Crippen LogP contribution in [-0.4, -0.2) is 10.4 Å². The number of phenols is 1. The molecule has 1 rings (SSSR count). The molecule has 1 N–H and O–H groups in total. The van der Waals surface area contributed by atoms with E-state index in [1.807, 2.05) is 0 Å². The monoisotopic (exact) mass is 228 g/mol. The van der Waals surface area contributed by atoms with Gasteiger partial charge in [0, 0.05) is 0 Å². The van der Waals surface area contributed by atoms with Crippen LogP contribution in [0.2, 0.25) is 0 Å². The van der Waals surface area contributed by atoms with Crippen LogP contribution >= 0.6 is 15.9 Å². The van der Waals surface area contributed by atoms with Crippen molar-refractivity contribution in [2.24, 2.45) is 0 Å². The number of phenolic OH excluding ortho intramolecular Hbond substituents is 1. The van der Waals surface area contributed by atoms with Crippen LogP contribution in [0.3, 0.4) is 0 Å². The van der Waals surface area contributed by atoms with Gasteiger partial charge in [0.1, 0.15) is 0 Å². The average Bonchev–Trinajstić information content (AvgIpc) is 2.08. The minimum absolute atomic E-state index is 0.217. The Bertz CT molecular complexity index is 338. The summed E-state index contributed by atoms with van der Waals surface area (Å²) in [6.07, 6.45) is 0. The zero-order valence-electron chi connectivity index (χ0n) is 6.14. The molecule has 62 valence electrons. The molecule has 0 saturated carbocycles. The zero-order valence-corrected chi connectivity index (χ0v) is 7.73. The van der Waals surface area contributed by atoms with E-state index >= 15 is 0 Å². The van der Waals surface area contributed by atoms with Crippen LogP contribution in [0.4, 0.5) is 4.39 Å². The van der Waals surface area contributed by atoms with Crippen molar-refractivity contribution in [3.05, 3.63) is 29.6 Å². The third kappa shape index (κ3) is 1.99. The summed E-state index contributed by atoms with van der Waals surface area (Å²) >= 11 is 3.09. The molecule has 0 saturated heterocycles. The molecule has 0 aliphatic rings. The van der Waals surface area contributed by atoms with E-state index in [0.717, 1.165) is 0 Å². The van der Waals surface area contributed by atoms with Crippen molar-refractivity contribution >= 4 is 15.9 Å². The Balaban J connectivity index is 3.08. The van der Waals surface area contributed by atoms with Crippen molar-refractivity contribution in [1.82, 2.24) is 0 Å². The fourth-order valence-corrected chi connectivity index (χ4v) is 0.885. The first kappa shape index (κ1) is 9.08. The van der Waals surface area contributed by atoms with Crippen molar-refractivity contribution in [3.8, 4) is 17.6 Å². The first-order chi connectivity index (χ1) is 5.75. The molecular formula is C9H6BrFO. The lowest BCUT2D eigenvalue weighted by atomic mass is 10.2. The van der Waals surface area contributed by atoms with Crippen LogP contribution in [0.5, 0.6) is 5.75 Å². The van der Waals surface area contributed by atoms with Gasteiger partial charge < -0.3 is 5.11 Å². The Hall–Kier alpha value is -1.01. The smallest absolute Gasteiger partial charge is 0.180 e. The summed E-state index contributed by atoms with van der Waals surface area (Å²) in [5.74, 6) is 4.19. The summed E-state index contributed by atoms with van der Waals surface area (Å²) in [5.41, 5.74) is 0.217. The summed E-state index contributed by atoms with van der Waals surface area (Å²) in [6.45, 7) is 0. The molecule has 1 nitrogen and oxygen atoms in total. The van der Waals surface area contributed by atoms with Crippen LogP contribution in [-0.2, 0) is 0 Å². The Morgan fingerprint density at radius 1 is 1.50 bits per heavy atom. The first-order valence-electron chi connectivity index (χ1n) is 3.28. The molecular weight excluding hydrogens is 223 g/mol. The van der Waals surface area contributed by atoms with Crippen molar-refractivity contribution in [2.75, 3.05) is 5.33 Å². The maximum atomic E-state index is 13.0. The largest absolute Gasteiger partial charge is 0.505 e. The van der Waals surface area contributed by atoms with Crippen molar-refractivity contribution in [1.29, 1.82) is 0 Å². The Kier molecular flexibility index (Phi) is 3.12. The van der Waals surface area contributed by atoms with E-state index in [0.29, 0.717) is 5.33 Å². The van der Waals surface area contributed by atoms with Crippen molar-refractivity contribution in [2.45, 2.75) is 0 Å². The minimum atomic E-state index is -0.661. The van der Waals surface area contributed by atoms with Crippen LogP contribution < -0.4 is 0 Å². The molecule has 3 heteroatoms. The van der Waals surface area contributed by atoms with Crippen LogP contribution in [0.25, 0.3) is 0 Å². The molecule has 0 bridgehead atoms. The minimum Gasteiger partial charge on any atom is -0.505 e. The van der Waals surface area contributed by atoms with Gasteiger partial charge in [0.25, 0.3) is 0 Å². The maximum Gasteiger partial charge on any atom is 0.180 e. The fraction of sp³-hybridized carbons (Fsp3) is 0.111. The van der Waals surface area contributed by atoms with Crippen LogP contribution in [0.1, 0.15) is 5.56 Å². The van der Waals surface area contributed by atoms with Gasteiger partial charge in [0.05, 0.1) is 10.9 Å². The van der Waals surface area contributed by atoms with Crippen LogP contribution in [0.15, 0.2) is 18.2 Å². The second-order valence-corrected chi connectivity index (χ2v) is 2.63. The van der Waals surface area contributed by atoms with Gasteiger partial charge in [-0.2, -0.15) is 0 Å². The van der Waals surface area contributed by atoms with Gasteiger partial charge in [-0.3, -0.25) is 0 Å². The lowest BCUT2D eigenvalue weighted by Gasteiger charge is -1.95. The highest BCUT2D eigenvalue weighted by molar-refractivity contribution is 9.09. The van der Waals surface area contributed by atoms with Gasteiger partial charge in [0.15, 0.2) is 11.6 Å². The maximum absolute atomic E-state index is 13.0. The van der Waals surface area contributed by atoms with E-state index in [1.54, 1.807) is 6.07 Å². The van der Waals surface area contributed by atoms with Crippen LogP contribution in [0, 0.1) is 17.7 Å². The third-order valence-electron chi connectivity index (χ3n) is 1.27. The van der Waals surface area contributed by atoms with E-state index in [2.05, 4.69) is 27.8 Å². The predicted molar refractivity (Wildman–Crippen MR) is 48.7 cm³/mol. The summed E-state index contributed by atoms with van der Waals surface area (Å²) in [6, 6.07) is 4.36. The lowest BCUT2D eigenvalue weighted by molar-refractivity contribution is 0.431. The summed E-state index contributed by atoms with van der Waals surface area (Å²) in [4.78, 5) is 0. The Morgan fingerprint density at radius 3 is 2.92 bits per heavy atom. The SMILES string of the molecule is Oc1cccc(C#CCBr)c1F. The highest BCUT2D eigenvalue weighted by atomic mass is 79.9. The molecule has 0 atom stereocenters. The van der Waals surface area contributed by atoms with Gasteiger partial charge >= 0.3 is 0 Å². The van der Waals surface area contributed by atoms with Crippen molar-refractivity contribution < 1.29 is 9.50 Å². The van der Waals surface area contributed by atoms with E-state index < -0.39 is 5.82 Å². The zero-order chi connectivity index (χ0) is 8.97. The number of halogens is 2. The highest BCUT2D eigenvalue weighted by Gasteiger charge is 2.02. The van der Waals surface area contributed by atoms with Gasteiger partial charge in [-0.25, -0.2) is 4.39 Å². The van der Waals surface area contributed by atoms with E-state index in [1.165, 1.54) is 12.1 Å². The molecule has 1 aromatic carbocycles. The number of hydrogen-bond acceptors (Lipinski definition) is 1. The molecule has 0 aromatic heterocycles. The predicted octanol–water partition coefficient (Wildman–Crippen LogP) is 2.28. The number of hydrogen-bond donors (Lipinski definition) is 1. The van der Waals surface area contributed by atoms with Gasteiger partial charge in [-0.05, 0) is 12.1 Å². The highest BCUT2D eigenvalue weighted by Crippen LogP contribution is 2.17. The Labute approximate surface area is 78.4 Å². The molecule has 1 aromatic rings. The number of aromatic hydroxyl groups is 1. The van der Waals surface area contributed by atoms with E-state index in [-0.39, 0.29) is 11.3 Å². The Morgan fingerprint density at radius 2 is 2.25 bits per heavy atom. The summed E-state index contributed by atoms with van der Waals surface area (Å²) < 4.78 is 13.0. The molecule has 0 radical (unpaired) electrons. The molecule has 0 unspecified atom stereocenters. The average molecular weight is 229 g/mol. The molecule has 0 spiro atoms. The number of alkyl halides is 1. The molecule has 0 fully saturated rings. The van der Waals surface area contributed by atoms with E-state index in [9.17, 15) is 4.39 Å². The topological polar surface area (TPSA) is 20.2 Å². The second-order valence-electron chi connectivity index (χ2n) is 2.07. The number of rotatable bonds is 0. The molecule has 0 heterocycles. The van der Waals surface area contributed by atoms with E-state index in [4.69, 9.17) is 5.11 Å². The van der Waals surface area contributed by atoms with Gasteiger partial charge in [-0.15, -0.1) is 0 Å². The van der Waals surface area contributed by atoms with Gasteiger partial charge in [0.2, 0.25) is 0 Å². The molecule has 0 aliphatic heterocycles. The number of benzene rings is 1. The molecule has 0 aliphatic carbocycles. The molecule has 0 amide bonds. The fourth-order valence-electron chi connectivity index (χ4n) is 0.745. The summed E-state index contributed by atoms with van der Waals surface area (Å²) in [5, 5.41) is 9.43. The van der Waals surface area contributed by atoms with Crippen molar-refractivity contribution in [3.63, 3.8) is 0 Å². The molecule has 12 heavy (non-hydrogen) atoms. The standard InChI is InChI=1S/C9H6BrFO/c10-6-2-4-7-3-1-5-8(12)9(7)11/h1,3,5,12H,6H2. The quantitative estimate of drug-likeness (QED) is 0.534. The first-order valence-corrected chi connectivity index (χ1v) is 4.40.